The molecule has 0 aliphatic heterocycles. The van der Waals surface area contributed by atoms with Gasteiger partial charge in [-0.1, -0.05) is 4.85 Å². The molecule has 64 valence electrons. The molecule has 0 bridgehead atoms. The normalized spacial score (nSPS) is 9.75. The van der Waals surface area contributed by atoms with Crippen LogP contribution in [-0.4, -0.2) is 16.6 Å². The van der Waals surface area contributed by atoms with Gasteiger partial charge in [0.05, 0.1) is 6.20 Å². The Kier molecular flexibility index (Phi) is 2.38. The first-order valence-corrected chi connectivity index (χ1v) is 3.31. The zero-order valence-electron chi connectivity index (χ0n) is 6.75. The molecule has 0 radical (unpaired) electrons. The Labute approximate surface area is 68.5 Å². The molecular formula is C7H8F2N3+. The van der Waals surface area contributed by atoms with E-state index in [2.05, 4.69) is 15.9 Å². The van der Waals surface area contributed by atoms with Crippen molar-refractivity contribution < 1.29 is 8.78 Å². The van der Waals surface area contributed by atoms with E-state index in [9.17, 15) is 8.78 Å². The number of imidazole rings is 1. The number of alkyl halides is 2. The van der Waals surface area contributed by atoms with Crippen molar-refractivity contribution in [3.63, 3.8) is 0 Å². The van der Waals surface area contributed by atoms with E-state index < -0.39 is 6.43 Å². The van der Waals surface area contributed by atoms with E-state index in [1.165, 1.54) is 18.7 Å². The van der Waals surface area contributed by atoms with Gasteiger partial charge in [-0.3, -0.25) is 0 Å². The molecule has 1 heterocycles. The first-order chi connectivity index (χ1) is 5.66. The molecule has 0 N–H and O–H groups in total. The molecule has 1 aromatic rings. The van der Waals surface area contributed by atoms with E-state index in [1.54, 1.807) is 0 Å². The highest BCUT2D eigenvalue weighted by molar-refractivity contribution is 5.20. The van der Waals surface area contributed by atoms with Crippen molar-refractivity contribution in [2.24, 2.45) is 7.05 Å². The highest BCUT2D eigenvalue weighted by atomic mass is 19.3. The average Bonchev–Trinajstić information content (AvgIpc) is 2.34. The number of nitrogens with zero attached hydrogens (tertiary/aromatic N) is 3. The van der Waals surface area contributed by atoms with Gasteiger partial charge in [-0.2, -0.15) is 0 Å². The molecule has 0 saturated heterocycles. The number of hydrogen-bond acceptors (Lipinski definition) is 1. The summed E-state index contributed by atoms with van der Waals surface area (Å²) in [4.78, 5) is 7.27. The minimum absolute atomic E-state index is 0.124. The number of aromatic nitrogens is 2. The zero-order chi connectivity index (χ0) is 9.14. The van der Waals surface area contributed by atoms with Crippen LogP contribution >= 0.6 is 0 Å². The van der Waals surface area contributed by atoms with Crippen LogP contribution in [0.2, 0.25) is 0 Å². The second-order valence-corrected chi connectivity index (χ2v) is 2.20. The molecule has 0 aliphatic rings. The van der Waals surface area contributed by atoms with E-state index in [-0.39, 0.29) is 5.69 Å². The lowest BCUT2D eigenvalue weighted by Crippen LogP contribution is -1.98. The molecule has 0 amide bonds. The molecule has 0 atom stereocenters. The maximum absolute atomic E-state index is 12.2. The minimum Gasteiger partial charge on any atom is -0.314 e. The maximum atomic E-state index is 12.2. The van der Waals surface area contributed by atoms with Crippen LogP contribution in [0.1, 0.15) is 17.9 Å². The molecule has 12 heavy (non-hydrogen) atoms. The third kappa shape index (κ3) is 1.42. The standard InChI is InChI=1S/C7H8F2N3/c1-10-4-6-11-3-5(7(8)9)12(6)2/h3,7H,1-2H3/q+1. The summed E-state index contributed by atoms with van der Waals surface area (Å²) in [7, 11) is 3.01. The third-order valence-corrected chi connectivity index (χ3v) is 1.46. The molecule has 0 unspecified atom stereocenters. The Morgan fingerprint density at radius 1 is 1.67 bits per heavy atom. The molecular weight excluding hydrogens is 164 g/mol. The van der Waals surface area contributed by atoms with Crippen molar-refractivity contribution in [1.29, 1.82) is 0 Å². The Balaban J connectivity index is 3.10. The van der Waals surface area contributed by atoms with Gasteiger partial charge in [0.15, 0.2) is 0 Å². The molecule has 0 fully saturated rings. The van der Waals surface area contributed by atoms with Gasteiger partial charge in [-0.15, -0.1) is 0 Å². The SMILES string of the molecule is C[N+]#Cc1ncc(C(F)F)n1C. The van der Waals surface area contributed by atoms with Crippen LogP contribution in [-0.2, 0) is 7.05 Å². The summed E-state index contributed by atoms with van der Waals surface area (Å²) in [6, 6.07) is 2.49. The van der Waals surface area contributed by atoms with Crippen LogP contribution in [0.4, 0.5) is 8.78 Å². The van der Waals surface area contributed by atoms with Crippen LogP contribution in [0.15, 0.2) is 6.20 Å². The van der Waals surface area contributed by atoms with Crippen LogP contribution in [0.25, 0.3) is 4.85 Å². The van der Waals surface area contributed by atoms with Gasteiger partial charge >= 0.3 is 6.07 Å². The van der Waals surface area contributed by atoms with Gasteiger partial charge in [0, 0.05) is 7.05 Å². The van der Waals surface area contributed by atoms with Gasteiger partial charge in [-0.25, -0.2) is 13.8 Å². The molecule has 0 aliphatic carbocycles. The van der Waals surface area contributed by atoms with E-state index in [0.29, 0.717) is 5.82 Å². The van der Waals surface area contributed by atoms with Crippen molar-refractivity contribution in [3.8, 4) is 6.07 Å². The van der Waals surface area contributed by atoms with Crippen LogP contribution in [0.5, 0.6) is 0 Å². The summed E-state index contributed by atoms with van der Waals surface area (Å²) >= 11 is 0. The molecule has 1 rings (SSSR count). The Morgan fingerprint density at radius 3 is 2.75 bits per heavy atom. The van der Waals surface area contributed by atoms with E-state index in [1.807, 2.05) is 0 Å². The third-order valence-electron chi connectivity index (χ3n) is 1.46. The molecule has 0 spiro atoms. The monoisotopic (exact) mass is 172 g/mol. The van der Waals surface area contributed by atoms with Crippen LogP contribution in [0.3, 0.4) is 0 Å². The number of hydrogen-bond donors (Lipinski definition) is 0. The molecule has 5 heteroatoms. The Morgan fingerprint density at radius 2 is 2.33 bits per heavy atom. The second kappa shape index (κ2) is 3.30. The first-order valence-electron chi connectivity index (χ1n) is 3.31. The maximum Gasteiger partial charge on any atom is 0.350 e. The molecule has 0 saturated carbocycles. The Bertz CT molecular complexity index is 332. The quantitative estimate of drug-likeness (QED) is 0.631. The lowest BCUT2D eigenvalue weighted by molar-refractivity contribution is 0.142. The van der Waals surface area contributed by atoms with Gasteiger partial charge < -0.3 is 4.57 Å². The van der Waals surface area contributed by atoms with Gasteiger partial charge in [0.2, 0.25) is 0 Å². The number of rotatable bonds is 1. The predicted octanol–water partition coefficient (Wildman–Crippen LogP) is 1.67. The Hall–Kier alpha value is -1.44. The summed E-state index contributed by atoms with van der Waals surface area (Å²) in [5.41, 5.74) is -0.124. The summed E-state index contributed by atoms with van der Waals surface area (Å²) in [6.07, 6.45) is -1.38. The summed E-state index contributed by atoms with van der Waals surface area (Å²) in [5.74, 6) is 0.313. The van der Waals surface area contributed by atoms with Crippen molar-refractivity contribution in [2.75, 3.05) is 7.05 Å². The molecule has 1 aromatic heterocycles. The lowest BCUT2D eigenvalue weighted by Gasteiger charge is -1.97. The summed E-state index contributed by atoms with van der Waals surface area (Å²) in [5, 5.41) is 0. The van der Waals surface area contributed by atoms with Crippen LogP contribution < -0.4 is 0 Å². The van der Waals surface area contributed by atoms with E-state index in [0.717, 1.165) is 6.20 Å². The van der Waals surface area contributed by atoms with E-state index in [4.69, 9.17) is 0 Å². The zero-order valence-corrected chi connectivity index (χ0v) is 6.75. The van der Waals surface area contributed by atoms with Gasteiger partial charge in [0.25, 0.3) is 19.3 Å². The predicted molar refractivity (Wildman–Crippen MR) is 40.4 cm³/mol. The average molecular weight is 172 g/mol. The number of halogens is 2. The van der Waals surface area contributed by atoms with Crippen molar-refractivity contribution in [3.05, 3.63) is 22.6 Å². The van der Waals surface area contributed by atoms with Crippen molar-refractivity contribution in [1.82, 2.24) is 9.55 Å². The lowest BCUT2D eigenvalue weighted by atomic mass is 10.5. The van der Waals surface area contributed by atoms with Crippen molar-refractivity contribution in [2.45, 2.75) is 6.43 Å². The molecule has 0 aromatic carbocycles. The van der Waals surface area contributed by atoms with Gasteiger partial charge in [0.1, 0.15) is 5.69 Å². The van der Waals surface area contributed by atoms with Crippen molar-refractivity contribution >= 4 is 0 Å². The fourth-order valence-electron chi connectivity index (χ4n) is 0.829. The largest absolute Gasteiger partial charge is 0.350 e. The molecule has 3 nitrogen and oxygen atoms in total. The summed E-state index contributed by atoms with van der Waals surface area (Å²) in [6.45, 7) is 0. The fraction of sp³-hybridized carbons (Fsp3) is 0.429. The fourth-order valence-corrected chi connectivity index (χ4v) is 0.829. The first kappa shape index (κ1) is 8.65. The highest BCUT2D eigenvalue weighted by Gasteiger charge is 2.15. The van der Waals surface area contributed by atoms with Gasteiger partial charge in [-0.05, 0) is 0 Å². The summed E-state index contributed by atoms with van der Waals surface area (Å²) < 4.78 is 25.6. The second-order valence-electron chi connectivity index (χ2n) is 2.20. The minimum atomic E-state index is -2.50. The van der Waals surface area contributed by atoms with Crippen LogP contribution in [0, 0.1) is 6.07 Å². The highest BCUT2D eigenvalue weighted by Crippen LogP contribution is 2.18. The van der Waals surface area contributed by atoms with E-state index >= 15 is 0 Å². The topological polar surface area (TPSA) is 22.2 Å². The smallest absolute Gasteiger partial charge is 0.314 e.